The van der Waals surface area contributed by atoms with Crippen LogP contribution in [0.2, 0.25) is 0 Å². The molecule has 1 aliphatic rings. The van der Waals surface area contributed by atoms with Crippen LogP contribution in [0.4, 0.5) is 0 Å². The fraction of sp³-hybridized carbons (Fsp3) is 0.562. The predicted octanol–water partition coefficient (Wildman–Crippen LogP) is -1.89. The minimum atomic E-state index is -1.27. The molecule has 1 aromatic heterocycles. The fourth-order valence-corrected chi connectivity index (χ4v) is 3.05. The average Bonchev–Trinajstić information content (AvgIpc) is 3.28. The number of carbonyl (C=O) groups excluding carboxylic acids is 3. The van der Waals surface area contributed by atoms with Gasteiger partial charge in [-0.15, -0.1) is 0 Å². The molecule has 11 nitrogen and oxygen atoms in total. The van der Waals surface area contributed by atoms with E-state index in [2.05, 4.69) is 15.3 Å². The molecule has 27 heavy (non-hydrogen) atoms. The second-order valence-electron chi connectivity index (χ2n) is 6.48. The summed E-state index contributed by atoms with van der Waals surface area (Å²) in [5, 5.41) is 11.6. The zero-order chi connectivity index (χ0) is 20.0. The van der Waals surface area contributed by atoms with Gasteiger partial charge in [-0.3, -0.25) is 14.4 Å². The van der Waals surface area contributed by atoms with Crippen molar-refractivity contribution in [1.82, 2.24) is 20.2 Å². The zero-order valence-corrected chi connectivity index (χ0v) is 14.8. The number of imidazole rings is 1. The van der Waals surface area contributed by atoms with Crippen LogP contribution in [-0.4, -0.2) is 68.3 Å². The van der Waals surface area contributed by atoms with Gasteiger partial charge in [-0.1, -0.05) is 0 Å². The highest BCUT2D eigenvalue weighted by Gasteiger charge is 2.37. The number of aromatic amines is 1. The van der Waals surface area contributed by atoms with Gasteiger partial charge in [0.15, 0.2) is 0 Å². The van der Waals surface area contributed by atoms with Crippen molar-refractivity contribution in [2.75, 3.05) is 6.54 Å². The lowest BCUT2D eigenvalue weighted by Gasteiger charge is -2.27. The topological polar surface area (TPSA) is 184 Å². The highest BCUT2D eigenvalue weighted by molar-refractivity contribution is 5.92. The summed E-state index contributed by atoms with van der Waals surface area (Å²) < 4.78 is 0. The van der Waals surface area contributed by atoms with Crippen molar-refractivity contribution in [1.29, 1.82) is 0 Å². The average molecular weight is 380 g/mol. The van der Waals surface area contributed by atoms with Crippen LogP contribution in [-0.2, 0) is 25.6 Å². The third-order valence-corrected chi connectivity index (χ3v) is 4.44. The van der Waals surface area contributed by atoms with Gasteiger partial charge in [0.05, 0.1) is 12.4 Å². The Morgan fingerprint density at radius 3 is 2.74 bits per heavy atom. The first kappa shape index (κ1) is 20.4. The number of hydrogen-bond donors (Lipinski definition) is 5. The van der Waals surface area contributed by atoms with E-state index in [-0.39, 0.29) is 25.2 Å². The quantitative estimate of drug-likeness (QED) is 0.331. The summed E-state index contributed by atoms with van der Waals surface area (Å²) in [5.74, 6) is -2.88. The van der Waals surface area contributed by atoms with Crippen LogP contribution in [0.5, 0.6) is 0 Å². The predicted molar refractivity (Wildman–Crippen MR) is 93.0 cm³/mol. The van der Waals surface area contributed by atoms with Gasteiger partial charge in [0, 0.05) is 31.3 Å². The molecule has 0 aromatic carbocycles. The van der Waals surface area contributed by atoms with Crippen LogP contribution in [0.1, 0.15) is 31.4 Å². The molecule has 0 radical (unpaired) electrons. The van der Waals surface area contributed by atoms with E-state index in [0.29, 0.717) is 25.1 Å². The molecule has 0 spiro atoms. The van der Waals surface area contributed by atoms with Crippen molar-refractivity contribution < 1.29 is 24.3 Å². The Balaban J connectivity index is 1.98. The molecule has 1 saturated heterocycles. The molecule has 11 heteroatoms. The number of likely N-dealkylation sites (tertiary alicyclic amines) is 1. The Bertz CT molecular complexity index is 691. The number of hydrogen-bond acceptors (Lipinski definition) is 6. The molecule has 0 saturated carbocycles. The number of rotatable bonds is 9. The van der Waals surface area contributed by atoms with Gasteiger partial charge < -0.3 is 31.8 Å². The Morgan fingerprint density at radius 2 is 2.15 bits per heavy atom. The number of nitrogens with two attached hydrogens (primary N) is 2. The Hall–Kier alpha value is -2.95. The lowest BCUT2D eigenvalue weighted by molar-refractivity contribution is -0.144. The smallest absolute Gasteiger partial charge is 0.326 e. The van der Waals surface area contributed by atoms with Crippen LogP contribution in [0.3, 0.4) is 0 Å². The van der Waals surface area contributed by atoms with Crippen molar-refractivity contribution in [3.63, 3.8) is 0 Å². The van der Waals surface area contributed by atoms with Crippen LogP contribution < -0.4 is 16.8 Å². The van der Waals surface area contributed by atoms with Gasteiger partial charge in [-0.25, -0.2) is 9.78 Å². The molecule has 3 amide bonds. The SMILES string of the molecule is NC(=O)CC[C@H](NC(=O)[C@@H]1CCCN1C(=O)[C@@H](N)Cc1cnc[nH]1)C(=O)O. The third kappa shape index (κ3) is 5.51. The van der Waals surface area contributed by atoms with E-state index in [1.807, 2.05) is 0 Å². The molecular formula is C16H24N6O5. The van der Waals surface area contributed by atoms with E-state index in [9.17, 15) is 24.3 Å². The van der Waals surface area contributed by atoms with Gasteiger partial charge >= 0.3 is 5.97 Å². The Morgan fingerprint density at radius 1 is 1.41 bits per heavy atom. The number of aromatic nitrogens is 2. The summed E-state index contributed by atoms with van der Waals surface area (Å²) in [6.45, 7) is 0.368. The standard InChI is InChI=1S/C16H24N6O5/c17-10(6-9-7-19-8-20-9)15(25)22-5-1-2-12(22)14(24)21-11(16(26)27)3-4-13(18)23/h7-8,10-12H,1-6,17H2,(H2,18,23)(H,19,20)(H,21,24)(H,26,27)/t10-,11-,12-/m0/s1. The highest BCUT2D eigenvalue weighted by atomic mass is 16.4. The maximum absolute atomic E-state index is 12.6. The van der Waals surface area contributed by atoms with Crippen molar-refractivity contribution >= 4 is 23.7 Å². The fourth-order valence-electron chi connectivity index (χ4n) is 3.05. The number of carbonyl (C=O) groups is 4. The monoisotopic (exact) mass is 380 g/mol. The maximum Gasteiger partial charge on any atom is 0.326 e. The van der Waals surface area contributed by atoms with E-state index in [0.717, 1.165) is 0 Å². The van der Waals surface area contributed by atoms with Crippen LogP contribution >= 0.6 is 0 Å². The minimum absolute atomic E-state index is 0.115. The number of nitrogens with one attached hydrogen (secondary N) is 2. The number of amides is 3. The number of aliphatic carboxylic acids is 1. The molecule has 1 aromatic rings. The molecule has 1 aliphatic heterocycles. The second-order valence-corrected chi connectivity index (χ2v) is 6.48. The molecule has 0 aliphatic carbocycles. The first-order chi connectivity index (χ1) is 12.8. The normalized spacial score (nSPS) is 18.7. The first-order valence-electron chi connectivity index (χ1n) is 8.64. The molecule has 7 N–H and O–H groups in total. The summed E-state index contributed by atoms with van der Waals surface area (Å²) in [7, 11) is 0. The van der Waals surface area contributed by atoms with E-state index < -0.39 is 35.9 Å². The lowest BCUT2D eigenvalue weighted by atomic mass is 10.1. The van der Waals surface area contributed by atoms with Crippen molar-refractivity contribution in [3.05, 3.63) is 18.2 Å². The number of carboxylic acids is 1. The van der Waals surface area contributed by atoms with Crippen LogP contribution in [0.15, 0.2) is 12.5 Å². The molecule has 1 fully saturated rings. The zero-order valence-electron chi connectivity index (χ0n) is 14.8. The van der Waals surface area contributed by atoms with Crippen molar-refractivity contribution in [2.45, 2.75) is 50.2 Å². The second kappa shape index (κ2) is 9.12. The lowest BCUT2D eigenvalue weighted by Crippen LogP contribution is -2.54. The summed E-state index contributed by atoms with van der Waals surface area (Å²) in [4.78, 5) is 55.4. The number of H-pyrrole nitrogens is 1. The van der Waals surface area contributed by atoms with E-state index in [1.54, 1.807) is 6.20 Å². The van der Waals surface area contributed by atoms with E-state index in [4.69, 9.17) is 11.5 Å². The Kier molecular flexibility index (Phi) is 6.88. The number of carboxylic acid groups (broad SMARTS) is 1. The number of primary amides is 1. The highest BCUT2D eigenvalue weighted by Crippen LogP contribution is 2.19. The van der Waals surface area contributed by atoms with Crippen molar-refractivity contribution in [3.8, 4) is 0 Å². The third-order valence-electron chi connectivity index (χ3n) is 4.44. The number of nitrogens with zero attached hydrogens (tertiary/aromatic N) is 2. The molecule has 2 heterocycles. The van der Waals surface area contributed by atoms with Gasteiger partial charge in [0.1, 0.15) is 12.1 Å². The van der Waals surface area contributed by atoms with Gasteiger partial charge in [0.2, 0.25) is 17.7 Å². The summed E-state index contributed by atoms with van der Waals surface area (Å²) in [5.41, 5.74) is 11.7. The summed E-state index contributed by atoms with van der Waals surface area (Å²) in [6, 6.07) is -2.88. The van der Waals surface area contributed by atoms with Gasteiger partial charge in [-0.2, -0.15) is 0 Å². The van der Waals surface area contributed by atoms with E-state index in [1.165, 1.54) is 11.2 Å². The molecular weight excluding hydrogens is 356 g/mol. The van der Waals surface area contributed by atoms with E-state index >= 15 is 0 Å². The maximum atomic E-state index is 12.6. The minimum Gasteiger partial charge on any atom is -0.480 e. The molecule has 148 valence electrons. The summed E-state index contributed by atoms with van der Waals surface area (Å²) >= 11 is 0. The Labute approximate surface area is 155 Å². The largest absolute Gasteiger partial charge is 0.480 e. The molecule has 3 atom stereocenters. The van der Waals surface area contributed by atoms with Crippen LogP contribution in [0, 0.1) is 0 Å². The van der Waals surface area contributed by atoms with Crippen molar-refractivity contribution in [2.24, 2.45) is 11.5 Å². The molecule has 2 rings (SSSR count). The summed E-state index contributed by atoms with van der Waals surface area (Å²) in [6.07, 6.45) is 4.04. The van der Waals surface area contributed by atoms with Gasteiger partial charge in [-0.05, 0) is 19.3 Å². The van der Waals surface area contributed by atoms with Crippen LogP contribution in [0.25, 0.3) is 0 Å². The molecule has 0 bridgehead atoms. The molecule has 0 unspecified atom stereocenters. The van der Waals surface area contributed by atoms with Gasteiger partial charge in [0.25, 0.3) is 0 Å². The first-order valence-corrected chi connectivity index (χ1v) is 8.64.